The SMILES string of the molecule is CCOC(=O)CN=C(Nc1ccccc1)OCC. The van der Waals surface area contributed by atoms with Crippen molar-refractivity contribution in [1.82, 2.24) is 0 Å². The number of aliphatic imine (C=N–C) groups is 1. The minimum Gasteiger partial charge on any atom is -0.465 e. The minimum absolute atomic E-state index is 0.0526. The van der Waals surface area contributed by atoms with Crippen LogP contribution in [0.4, 0.5) is 5.69 Å². The Hall–Kier alpha value is -2.04. The van der Waals surface area contributed by atoms with Crippen LogP contribution >= 0.6 is 0 Å². The molecule has 0 aliphatic carbocycles. The van der Waals surface area contributed by atoms with Crippen LogP contribution in [0.2, 0.25) is 0 Å². The van der Waals surface area contributed by atoms with Crippen molar-refractivity contribution in [2.24, 2.45) is 4.99 Å². The molecule has 0 radical (unpaired) electrons. The highest BCUT2D eigenvalue weighted by Gasteiger charge is 2.04. The van der Waals surface area contributed by atoms with Crippen LogP contribution in [-0.2, 0) is 14.3 Å². The Morgan fingerprint density at radius 2 is 1.83 bits per heavy atom. The lowest BCUT2D eigenvalue weighted by Gasteiger charge is -2.09. The number of hydrogen-bond acceptors (Lipinski definition) is 4. The molecule has 0 aromatic heterocycles. The number of hydrogen-bond donors (Lipinski definition) is 1. The van der Waals surface area contributed by atoms with Gasteiger partial charge in [0, 0.05) is 5.69 Å². The number of carbonyl (C=O) groups is 1. The van der Waals surface area contributed by atoms with Crippen LogP contribution in [0, 0.1) is 0 Å². The zero-order valence-corrected chi connectivity index (χ0v) is 10.7. The van der Waals surface area contributed by atoms with Gasteiger partial charge < -0.3 is 14.8 Å². The summed E-state index contributed by atoms with van der Waals surface area (Å²) in [6.45, 7) is 4.38. The molecule has 98 valence electrons. The zero-order chi connectivity index (χ0) is 13.2. The van der Waals surface area contributed by atoms with Gasteiger partial charge in [-0.15, -0.1) is 0 Å². The Kier molecular flexibility index (Phi) is 6.32. The Morgan fingerprint density at radius 1 is 1.17 bits per heavy atom. The third-order valence-electron chi connectivity index (χ3n) is 1.96. The van der Waals surface area contributed by atoms with Gasteiger partial charge in [-0.1, -0.05) is 18.2 Å². The number of esters is 1. The van der Waals surface area contributed by atoms with Gasteiger partial charge in [0.05, 0.1) is 13.2 Å². The van der Waals surface area contributed by atoms with Gasteiger partial charge in [0.15, 0.2) is 0 Å². The molecule has 0 saturated carbocycles. The van der Waals surface area contributed by atoms with Crippen LogP contribution in [0.15, 0.2) is 35.3 Å². The highest BCUT2D eigenvalue weighted by Crippen LogP contribution is 2.05. The van der Waals surface area contributed by atoms with Crippen molar-refractivity contribution in [2.75, 3.05) is 25.1 Å². The fourth-order valence-electron chi connectivity index (χ4n) is 1.25. The number of carbonyl (C=O) groups excluding carboxylic acids is 1. The number of anilines is 1. The molecule has 1 rings (SSSR count). The Morgan fingerprint density at radius 3 is 2.44 bits per heavy atom. The van der Waals surface area contributed by atoms with Crippen LogP contribution in [0.5, 0.6) is 0 Å². The molecule has 5 heteroatoms. The van der Waals surface area contributed by atoms with E-state index in [9.17, 15) is 4.79 Å². The van der Waals surface area contributed by atoms with E-state index in [4.69, 9.17) is 9.47 Å². The third-order valence-corrected chi connectivity index (χ3v) is 1.96. The van der Waals surface area contributed by atoms with Crippen LogP contribution in [-0.4, -0.2) is 31.7 Å². The Labute approximate surface area is 107 Å². The Bertz CT molecular complexity index is 390. The number of ether oxygens (including phenoxy) is 2. The van der Waals surface area contributed by atoms with Gasteiger partial charge in [-0.2, -0.15) is 0 Å². The highest BCUT2D eigenvalue weighted by molar-refractivity contribution is 5.90. The first kappa shape index (κ1) is 14.0. The number of benzene rings is 1. The molecule has 1 N–H and O–H groups in total. The van der Waals surface area contributed by atoms with Crippen molar-refractivity contribution in [2.45, 2.75) is 13.8 Å². The predicted octanol–water partition coefficient (Wildman–Crippen LogP) is 2.05. The predicted molar refractivity (Wildman–Crippen MR) is 70.6 cm³/mol. The van der Waals surface area contributed by atoms with Gasteiger partial charge in [0.1, 0.15) is 6.54 Å². The summed E-state index contributed by atoms with van der Waals surface area (Å²) in [5, 5.41) is 3.00. The Balaban J connectivity index is 2.59. The van der Waals surface area contributed by atoms with Crippen LogP contribution in [0.1, 0.15) is 13.8 Å². The molecule has 0 fully saturated rings. The lowest BCUT2D eigenvalue weighted by atomic mass is 10.3. The molecule has 0 spiro atoms. The zero-order valence-electron chi connectivity index (χ0n) is 10.7. The summed E-state index contributed by atoms with van der Waals surface area (Å²) < 4.78 is 10.1. The van der Waals surface area contributed by atoms with Crippen molar-refractivity contribution in [1.29, 1.82) is 0 Å². The molecule has 0 atom stereocenters. The summed E-state index contributed by atoms with van der Waals surface area (Å²) in [5.74, 6) is -0.371. The topological polar surface area (TPSA) is 59.9 Å². The van der Waals surface area contributed by atoms with Crippen molar-refractivity contribution >= 4 is 17.7 Å². The molecule has 0 aliphatic heterocycles. The number of rotatable bonds is 5. The van der Waals surface area contributed by atoms with Crippen LogP contribution in [0.25, 0.3) is 0 Å². The maximum absolute atomic E-state index is 11.2. The number of para-hydroxylation sites is 1. The molecule has 0 unspecified atom stereocenters. The van der Waals surface area contributed by atoms with Crippen molar-refractivity contribution in [3.63, 3.8) is 0 Å². The van der Waals surface area contributed by atoms with E-state index < -0.39 is 0 Å². The quantitative estimate of drug-likeness (QED) is 0.493. The smallest absolute Gasteiger partial charge is 0.327 e. The normalized spacial score (nSPS) is 10.9. The molecule has 18 heavy (non-hydrogen) atoms. The second-order valence-electron chi connectivity index (χ2n) is 3.35. The molecular weight excluding hydrogens is 232 g/mol. The first-order valence-electron chi connectivity index (χ1n) is 5.91. The highest BCUT2D eigenvalue weighted by atomic mass is 16.5. The monoisotopic (exact) mass is 250 g/mol. The largest absolute Gasteiger partial charge is 0.465 e. The van der Waals surface area contributed by atoms with Gasteiger partial charge in [0.2, 0.25) is 0 Å². The summed E-state index contributed by atoms with van der Waals surface area (Å²) in [4.78, 5) is 15.2. The molecule has 5 nitrogen and oxygen atoms in total. The maximum atomic E-state index is 11.2. The van der Waals surface area contributed by atoms with Crippen molar-refractivity contribution < 1.29 is 14.3 Å². The molecule has 1 aromatic carbocycles. The van der Waals surface area contributed by atoms with Gasteiger partial charge in [-0.25, -0.2) is 4.99 Å². The van der Waals surface area contributed by atoms with Crippen LogP contribution in [0.3, 0.4) is 0 Å². The van der Waals surface area contributed by atoms with E-state index in [-0.39, 0.29) is 12.5 Å². The van der Waals surface area contributed by atoms with Crippen molar-refractivity contribution in [3.05, 3.63) is 30.3 Å². The summed E-state index contributed by atoms with van der Waals surface area (Å²) in [6, 6.07) is 9.81. The second-order valence-corrected chi connectivity index (χ2v) is 3.35. The lowest BCUT2D eigenvalue weighted by Crippen LogP contribution is -2.19. The molecule has 1 aromatic rings. The number of nitrogens with zero attached hydrogens (tertiary/aromatic N) is 1. The summed E-state index contributed by atoms with van der Waals surface area (Å²) in [7, 11) is 0. The van der Waals surface area contributed by atoms with Gasteiger partial charge in [-0.3, -0.25) is 4.79 Å². The summed E-state index contributed by atoms with van der Waals surface area (Å²) >= 11 is 0. The number of nitrogens with one attached hydrogen (secondary N) is 1. The summed E-state index contributed by atoms with van der Waals surface area (Å²) in [5.41, 5.74) is 0.855. The van der Waals surface area contributed by atoms with E-state index in [0.717, 1.165) is 5.69 Å². The van der Waals surface area contributed by atoms with E-state index >= 15 is 0 Å². The van der Waals surface area contributed by atoms with Gasteiger partial charge in [0.25, 0.3) is 6.02 Å². The summed E-state index contributed by atoms with van der Waals surface area (Å²) in [6.07, 6.45) is 0. The van der Waals surface area contributed by atoms with E-state index in [0.29, 0.717) is 19.2 Å². The average Bonchev–Trinajstić information content (AvgIpc) is 2.38. The van der Waals surface area contributed by atoms with E-state index in [1.165, 1.54) is 0 Å². The molecule has 0 saturated heterocycles. The molecule has 0 bridgehead atoms. The fraction of sp³-hybridized carbons (Fsp3) is 0.385. The van der Waals surface area contributed by atoms with Gasteiger partial charge in [-0.05, 0) is 26.0 Å². The molecule has 0 heterocycles. The van der Waals surface area contributed by atoms with Crippen molar-refractivity contribution in [3.8, 4) is 0 Å². The first-order valence-corrected chi connectivity index (χ1v) is 5.91. The molecule has 0 aliphatic rings. The van der Waals surface area contributed by atoms with E-state index in [1.807, 2.05) is 37.3 Å². The molecular formula is C13H18N2O3. The van der Waals surface area contributed by atoms with Gasteiger partial charge >= 0.3 is 5.97 Å². The first-order chi connectivity index (χ1) is 8.76. The fourth-order valence-corrected chi connectivity index (χ4v) is 1.25. The molecule has 0 amide bonds. The van der Waals surface area contributed by atoms with E-state index in [1.54, 1.807) is 6.92 Å². The van der Waals surface area contributed by atoms with E-state index in [2.05, 4.69) is 10.3 Å². The van der Waals surface area contributed by atoms with Crippen LogP contribution < -0.4 is 5.32 Å². The maximum Gasteiger partial charge on any atom is 0.327 e. The standard InChI is InChI=1S/C13H18N2O3/c1-3-17-12(16)10-14-13(18-4-2)15-11-8-6-5-7-9-11/h5-9H,3-4,10H2,1-2H3,(H,14,15). The number of amidine groups is 1. The third kappa shape index (κ3) is 5.34. The lowest BCUT2D eigenvalue weighted by molar-refractivity contribution is -0.141. The minimum atomic E-state index is -0.371. The second kappa shape index (κ2) is 8.11. The average molecular weight is 250 g/mol.